The van der Waals surface area contributed by atoms with Crippen LogP contribution in [0.3, 0.4) is 0 Å². The van der Waals surface area contributed by atoms with Gasteiger partial charge in [0, 0.05) is 11.8 Å². The summed E-state index contributed by atoms with van der Waals surface area (Å²) in [6.07, 6.45) is 12.3. The topological polar surface area (TPSA) is 9.23 Å². The van der Waals surface area contributed by atoms with Crippen LogP contribution in [0.15, 0.2) is 30.4 Å². The highest BCUT2D eigenvalue weighted by Gasteiger charge is 2.21. The zero-order valence-electron chi connectivity index (χ0n) is 10.4. The molecule has 1 heteroatoms. The van der Waals surface area contributed by atoms with E-state index in [1.165, 1.54) is 11.1 Å². The van der Waals surface area contributed by atoms with Crippen molar-refractivity contribution in [1.82, 2.24) is 0 Å². The van der Waals surface area contributed by atoms with Crippen LogP contribution >= 0.6 is 0 Å². The van der Waals surface area contributed by atoms with Gasteiger partial charge in [-0.15, -0.1) is 12.3 Å². The Bertz CT molecular complexity index is 465. The second kappa shape index (κ2) is 5.10. The Morgan fingerprint density at radius 1 is 1.41 bits per heavy atom. The van der Waals surface area contributed by atoms with Crippen LogP contribution in [0.25, 0.3) is 0 Å². The number of hydrogen-bond donors (Lipinski definition) is 0. The highest BCUT2D eigenvalue weighted by Crippen LogP contribution is 2.34. The van der Waals surface area contributed by atoms with Crippen molar-refractivity contribution in [3.63, 3.8) is 0 Å². The van der Waals surface area contributed by atoms with Crippen LogP contribution in [0.4, 0.5) is 0 Å². The Balaban J connectivity index is 2.33. The lowest BCUT2D eigenvalue weighted by Crippen LogP contribution is -2.12. The standard InChI is InChI=1S/C16H18O/c1-4-13-7-5-6-8-15(13)14-9-10-16(17-3)12(2)11-14/h1,6,8-11,13,15H,5,7H2,2-3H3/t13-,15-/m0/s1. The molecule has 0 saturated carbocycles. The first-order valence-corrected chi connectivity index (χ1v) is 6.03. The molecule has 1 aliphatic carbocycles. The van der Waals surface area contributed by atoms with E-state index in [1.54, 1.807) is 7.11 Å². The number of benzene rings is 1. The average molecular weight is 226 g/mol. The third-order valence-corrected chi connectivity index (χ3v) is 3.44. The van der Waals surface area contributed by atoms with Crippen molar-refractivity contribution in [2.24, 2.45) is 5.92 Å². The van der Waals surface area contributed by atoms with Gasteiger partial charge in [-0.1, -0.05) is 24.3 Å². The van der Waals surface area contributed by atoms with Gasteiger partial charge in [0.25, 0.3) is 0 Å². The van der Waals surface area contributed by atoms with Crippen LogP contribution < -0.4 is 4.74 Å². The van der Waals surface area contributed by atoms with Crippen molar-refractivity contribution < 1.29 is 4.74 Å². The Kier molecular flexibility index (Phi) is 3.54. The van der Waals surface area contributed by atoms with Gasteiger partial charge in [0.1, 0.15) is 5.75 Å². The van der Waals surface area contributed by atoms with Crippen LogP contribution in [0.1, 0.15) is 29.9 Å². The molecule has 0 N–H and O–H groups in total. The maximum Gasteiger partial charge on any atom is 0.121 e. The fourth-order valence-electron chi connectivity index (χ4n) is 2.47. The number of ether oxygens (including phenoxy) is 1. The lowest BCUT2D eigenvalue weighted by Gasteiger charge is -2.24. The van der Waals surface area contributed by atoms with E-state index in [-0.39, 0.29) is 0 Å². The first-order valence-electron chi connectivity index (χ1n) is 6.03. The monoisotopic (exact) mass is 226 g/mol. The van der Waals surface area contributed by atoms with Crippen molar-refractivity contribution in [2.75, 3.05) is 7.11 Å². The maximum atomic E-state index is 5.62. The van der Waals surface area contributed by atoms with Gasteiger partial charge in [0.15, 0.2) is 0 Å². The Morgan fingerprint density at radius 3 is 2.88 bits per heavy atom. The van der Waals surface area contributed by atoms with Crippen molar-refractivity contribution >= 4 is 0 Å². The summed E-state index contributed by atoms with van der Waals surface area (Å²) in [7, 11) is 1.70. The summed E-state index contributed by atoms with van der Waals surface area (Å²) in [6.45, 7) is 2.07. The maximum absolute atomic E-state index is 5.62. The van der Waals surface area contributed by atoms with Crippen molar-refractivity contribution in [3.8, 4) is 18.1 Å². The van der Waals surface area contributed by atoms with E-state index in [4.69, 9.17) is 11.2 Å². The molecular formula is C16H18O. The Hall–Kier alpha value is -1.68. The molecule has 88 valence electrons. The highest BCUT2D eigenvalue weighted by atomic mass is 16.5. The molecule has 0 fully saturated rings. The van der Waals surface area contributed by atoms with E-state index < -0.39 is 0 Å². The largest absolute Gasteiger partial charge is 0.496 e. The lowest BCUT2D eigenvalue weighted by atomic mass is 9.80. The smallest absolute Gasteiger partial charge is 0.121 e. The normalized spacial score (nSPS) is 23.1. The first kappa shape index (κ1) is 11.8. The van der Waals surface area contributed by atoms with Crippen LogP contribution in [-0.4, -0.2) is 7.11 Å². The molecular weight excluding hydrogens is 208 g/mol. The minimum Gasteiger partial charge on any atom is -0.496 e. The number of rotatable bonds is 2. The SMILES string of the molecule is C#C[C@H]1CCC=C[C@@H]1c1ccc(OC)c(C)c1. The van der Waals surface area contributed by atoms with Gasteiger partial charge in [-0.2, -0.15) is 0 Å². The summed E-state index contributed by atoms with van der Waals surface area (Å²) in [4.78, 5) is 0. The number of hydrogen-bond acceptors (Lipinski definition) is 1. The molecule has 0 saturated heterocycles. The number of aryl methyl sites for hydroxylation is 1. The van der Waals surface area contributed by atoms with Crippen LogP contribution in [0, 0.1) is 25.2 Å². The summed E-state index contributed by atoms with van der Waals surface area (Å²) in [5, 5.41) is 0. The fraction of sp³-hybridized carbons (Fsp3) is 0.375. The molecule has 17 heavy (non-hydrogen) atoms. The van der Waals surface area contributed by atoms with Crippen LogP contribution in [-0.2, 0) is 0 Å². The van der Waals surface area contributed by atoms with Crippen molar-refractivity contribution in [1.29, 1.82) is 0 Å². The number of allylic oxidation sites excluding steroid dienone is 2. The molecule has 1 aliphatic rings. The molecule has 0 radical (unpaired) electrons. The zero-order valence-corrected chi connectivity index (χ0v) is 10.4. The second-order valence-corrected chi connectivity index (χ2v) is 4.53. The van der Waals surface area contributed by atoms with Gasteiger partial charge >= 0.3 is 0 Å². The number of methoxy groups -OCH3 is 1. The van der Waals surface area contributed by atoms with Crippen LogP contribution in [0.2, 0.25) is 0 Å². The molecule has 0 aromatic heterocycles. The molecule has 1 aromatic carbocycles. The minimum atomic E-state index is 0.327. The Morgan fingerprint density at radius 2 is 2.24 bits per heavy atom. The van der Waals surface area contributed by atoms with Crippen molar-refractivity contribution in [3.05, 3.63) is 41.5 Å². The molecule has 2 atom stereocenters. The van der Waals surface area contributed by atoms with E-state index in [0.29, 0.717) is 11.8 Å². The summed E-state index contributed by atoms with van der Waals surface area (Å²) < 4.78 is 5.28. The third-order valence-electron chi connectivity index (χ3n) is 3.44. The molecule has 0 aliphatic heterocycles. The predicted molar refractivity (Wildman–Crippen MR) is 71.2 cm³/mol. The van der Waals surface area contributed by atoms with Crippen LogP contribution in [0.5, 0.6) is 5.75 Å². The lowest BCUT2D eigenvalue weighted by molar-refractivity contribution is 0.411. The van der Waals surface area contributed by atoms with Gasteiger partial charge in [-0.3, -0.25) is 0 Å². The Labute approximate surface area is 103 Å². The van der Waals surface area contributed by atoms with E-state index in [9.17, 15) is 0 Å². The molecule has 0 heterocycles. The van der Waals surface area contributed by atoms with Gasteiger partial charge in [-0.25, -0.2) is 0 Å². The fourth-order valence-corrected chi connectivity index (χ4v) is 2.47. The van der Waals surface area contributed by atoms with Crippen molar-refractivity contribution in [2.45, 2.75) is 25.7 Å². The molecule has 0 spiro atoms. The predicted octanol–water partition coefficient (Wildman–Crippen LogP) is 3.69. The van der Waals surface area contributed by atoms with Gasteiger partial charge in [-0.05, 0) is 37.0 Å². The molecule has 1 aromatic rings. The first-order chi connectivity index (χ1) is 8.26. The van der Waals surface area contributed by atoms with E-state index in [2.05, 4.69) is 37.1 Å². The van der Waals surface area contributed by atoms with E-state index in [1.807, 2.05) is 6.07 Å². The third kappa shape index (κ3) is 2.36. The van der Waals surface area contributed by atoms with Gasteiger partial charge < -0.3 is 4.74 Å². The summed E-state index contributed by atoms with van der Waals surface area (Å²) >= 11 is 0. The van der Waals surface area contributed by atoms with Gasteiger partial charge in [0.2, 0.25) is 0 Å². The average Bonchev–Trinajstić information content (AvgIpc) is 2.38. The quantitative estimate of drug-likeness (QED) is 0.552. The van der Waals surface area contributed by atoms with Gasteiger partial charge in [0.05, 0.1) is 7.11 Å². The minimum absolute atomic E-state index is 0.327. The molecule has 0 unspecified atom stereocenters. The number of terminal acetylenes is 1. The summed E-state index contributed by atoms with van der Waals surface area (Å²) in [6, 6.07) is 6.33. The summed E-state index contributed by atoms with van der Waals surface area (Å²) in [5.41, 5.74) is 2.46. The van der Waals surface area contributed by atoms with E-state index in [0.717, 1.165) is 18.6 Å². The van der Waals surface area contributed by atoms with E-state index >= 15 is 0 Å². The summed E-state index contributed by atoms with van der Waals surface area (Å²) in [5.74, 6) is 4.54. The molecule has 2 rings (SSSR count). The second-order valence-electron chi connectivity index (χ2n) is 4.53. The molecule has 0 bridgehead atoms. The molecule has 0 amide bonds. The molecule has 1 nitrogen and oxygen atoms in total. The highest BCUT2D eigenvalue weighted by molar-refractivity contribution is 5.40. The zero-order chi connectivity index (χ0) is 12.3.